The summed E-state index contributed by atoms with van der Waals surface area (Å²) in [5.74, 6) is -0.202. The standard InChI is InChI=1S/C20H20O4/c1-3-22-19(21)18-14-20(23-15(18)2,16-10-6-4-7-11-16)24-17-12-8-5-9-13-17/h4-13H,3,14H2,1-2H3. The number of hydrogen-bond acceptors (Lipinski definition) is 4. The van der Waals surface area contributed by atoms with Crippen LogP contribution in [0.1, 0.15) is 25.8 Å². The van der Waals surface area contributed by atoms with Gasteiger partial charge in [-0.2, -0.15) is 0 Å². The van der Waals surface area contributed by atoms with E-state index < -0.39 is 5.79 Å². The number of rotatable bonds is 5. The predicted molar refractivity (Wildman–Crippen MR) is 90.2 cm³/mol. The Morgan fingerprint density at radius 2 is 1.71 bits per heavy atom. The summed E-state index contributed by atoms with van der Waals surface area (Å²) in [7, 11) is 0. The fourth-order valence-electron chi connectivity index (χ4n) is 2.78. The summed E-state index contributed by atoms with van der Waals surface area (Å²) in [5.41, 5.74) is 1.36. The third-order valence-corrected chi connectivity index (χ3v) is 3.91. The van der Waals surface area contributed by atoms with E-state index in [9.17, 15) is 4.79 Å². The molecule has 0 bridgehead atoms. The Kier molecular flexibility index (Phi) is 4.56. The minimum absolute atomic E-state index is 0.302. The SMILES string of the molecule is CCOC(=O)C1=C(C)OC(Oc2ccccc2)(c2ccccc2)C1. The van der Waals surface area contributed by atoms with Crippen molar-refractivity contribution in [3.05, 3.63) is 77.6 Å². The van der Waals surface area contributed by atoms with Crippen molar-refractivity contribution in [3.63, 3.8) is 0 Å². The second-order valence-corrected chi connectivity index (χ2v) is 5.57. The maximum Gasteiger partial charge on any atom is 0.337 e. The first-order chi connectivity index (χ1) is 11.6. The van der Waals surface area contributed by atoms with Gasteiger partial charge in [-0.25, -0.2) is 4.79 Å². The number of para-hydroxylation sites is 1. The molecule has 2 aromatic carbocycles. The van der Waals surface area contributed by atoms with Gasteiger partial charge < -0.3 is 14.2 Å². The van der Waals surface area contributed by atoms with Gasteiger partial charge in [0.25, 0.3) is 5.79 Å². The van der Waals surface area contributed by atoms with Crippen LogP contribution in [0.3, 0.4) is 0 Å². The smallest absolute Gasteiger partial charge is 0.337 e. The van der Waals surface area contributed by atoms with Gasteiger partial charge in [-0.1, -0.05) is 48.5 Å². The van der Waals surface area contributed by atoms with Gasteiger partial charge in [0.1, 0.15) is 11.5 Å². The molecule has 1 unspecified atom stereocenters. The van der Waals surface area contributed by atoms with Gasteiger partial charge in [0.2, 0.25) is 0 Å². The van der Waals surface area contributed by atoms with E-state index >= 15 is 0 Å². The van der Waals surface area contributed by atoms with Gasteiger partial charge in [0.15, 0.2) is 0 Å². The average molecular weight is 324 g/mol. The molecule has 1 atom stereocenters. The molecule has 2 aromatic rings. The number of hydrogen-bond donors (Lipinski definition) is 0. The van der Waals surface area contributed by atoms with Crippen LogP contribution in [0.4, 0.5) is 0 Å². The van der Waals surface area contributed by atoms with Crippen LogP contribution < -0.4 is 4.74 Å². The number of esters is 1. The van der Waals surface area contributed by atoms with Crippen LogP contribution in [0.15, 0.2) is 72.0 Å². The highest BCUT2D eigenvalue weighted by molar-refractivity contribution is 5.89. The number of benzene rings is 2. The Hall–Kier alpha value is -2.75. The lowest BCUT2D eigenvalue weighted by atomic mass is 9.99. The molecule has 0 aromatic heterocycles. The minimum Gasteiger partial charge on any atom is -0.463 e. The van der Waals surface area contributed by atoms with Crippen LogP contribution in [0.2, 0.25) is 0 Å². The maximum atomic E-state index is 12.2. The molecular weight excluding hydrogens is 304 g/mol. The van der Waals surface area contributed by atoms with Gasteiger partial charge in [0.05, 0.1) is 18.6 Å². The fraction of sp³-hybridized carbons (Fsp3) is 0.250. The zero-order valence-electron chi connectivity index (χ0n) is 13.8. The molecule has 0 fully saturated rings. The molecule has 0 aliphatic carbocycles. The molecule has 4 heteroatoms. The van der Waals surface area contributed by atoms with Gasteiger partial charge in [-0.3, -0.25) is 0 Å². The molecule has 0 saturated carbocycles. The molecule has 124 valence electrons. The number of carbonyl (C=O) groups excluding carboxylic acids is 1. The summed E-state index contributed by atoms with van der Waals surface area (Å²) in [6.07, 6.45) is 0.302. The zero-order valence-corrected chi connectivity index (χ0v) is 13.8. The first kappa shape index (κ1) is 16.1. The summed E-state index contributed by atoms with van der Waals surface area (Å²) in [6.45, 7) is 3.88. The van der Waals surface area contributed by atoms with Crippen molar-refractivity contribution in [2.75, 3.05) is 6.61 Å². The summed E-state index contributed by atoms with van der Waals surface area (Å²) >= 11 is 0. The van der Waals surface area contributed by atoms with E-state index in [-0.39, 0.29) is 5.97 Å². The van der Waals surface area contributed by atoms with Gasteiger partial charge in [-0.05, 0) is 26.0 Å². The lowest BCUT2D eigenvalue weighted by Crippen LogP contribution is -2.33. The van der Waals surface area contributed by atoms with E-state index in [1.54, 1.807) is 13.8 Å². The minimum atomic E-state index is -1.06. The van der Waals surface area contributed by atoms with Crippen molar-refractivity contribution < 1.29 is 19.0 Å². The van der Waals surface area contributed by atoms with Crippen LogP contribution in [0, 0.1) is 0 Å². The summed E-state index contributed by atoms with van der Waals surface area (Å²) in [5, 5.41) is 0. The topological polar surface area (TPSA) is 44.8 Å². The second-order valence-electron chi connectivity index (χ2n) is 5.57. The third kappa shape index (κ3) is 3.13. The van der Waals surface area contributed by atoms with Crippen LogP contribution in [0.25, 0.3) is 0 Å². The molecule has 1 heterocycles. The predicted octanol–water partition coefficient (Wildman–Crippen LogP) is 4.18. The van der Waals surface area contributed by atoms with Gasteiger partial charge in [-0.15, -0.1) is 0 Å². The monoisotopic (exact) mass is 324 g/mol. The van der Waals surface area contributed by atoms with Crippen LogP contribution in [-0.4, -0.2) is 12.6 Å². The van der Waals surface area contributed by atoms with Crippen molar-refractivity contribution in [2.45, 2.75) is 26.1 Å². The molecule has 0 N–H and O–H groups in total. The van der Waals surface area contributed by atoms with E-state index in [4.69, 9.17) is 14.2 Å². The Bertz CT molecular complexity index is 737. The van der Waals surface area contributed by atoms with Crippen molar-refractivity contribution in [3.8, 4) is 5.75 Å². The van der Waals surface area contributed by atoms with E-state index in [2.05, 4.69) is 0 Å². The molecule has 0 saturated heterocycles. The molecule has 0 spiro atoms. The highest BCUT2D eigenvalue weighted by Gasteiger charge is 2.46. The van der Waals surface area contributed by atoms with Gasteiger partial charge >= 0.3 is 5.97 Å². The zero-order chi connectivity index (χ0) is 17.0. The first-order valence-electron chi connectivity index (χ1n) is 8.00. The van der Waals surface area contributed by atoms with Crippen LogP contribution >= 0.6 is 0 Å². The lowest BCUT2D eigenvalue weighted by Gasteiger charge is -2.30. The normalized spacial score (nSPS) is 19.8. The third-order valence-electron chi connectivity index (χ3n) is 3.91. The van der Waals surface area contributed by atoms with Gasteiger partial charge in [0, 0.05) is 5.56 Å². The first-order valence-corrected chi connectivity index (χ1v) is 8.00. The number of ether oxygens (including phenoxy) is 3. The fourth-order valence-corrected chi connectivity index (χ4v) is 2.78. The van der Waals surface area contributed by atoms with E-state index in [0.717, 1.165) is 5.56 Å². The van der Waals surface area contributed by atoms with Crippen molar-refractivity contribution in [2.24, 2.45) is 0 Å². The van der Waals surface area contributed by atoms with E-state index in [1.807, 2.05) is 60.7 Å². The summed E-state index contributed by atoms with van der Waals surface area (Å²) in [6, 6.07) is 19.1. The van der Waals surface area contributed by atoms with Crippen LogP contribution in [0.5, 0.6) is 5.75 Å². The Morgan fingerprint density at radius 3 is 2.33 bits per heavy atom. The molecule has 3 rings (SSSR count). The Labute approximate surface area is 141 Å². The van der Waals surface area contributed by atoms with E-state index in [0.29, 0.717) is 30.1 Å². The van der Waals surface area contributed by atoms with Crippen molar-refractivity contribution in [1.82, 2.24) is 0 Å². The maximum absolute atomic E-state index is 12.2. The average Bonchev–Trinajstić information content (AvgIpc) is 2.94. The lowest BCUT2D eigenvalue weighted by molar-refractivity contribution is -0.148. The Morgan fingerprint density at radius 1 is 1.08 bits per heavy atom. The quantitative estimate of drug-likeness (QED) is 0.774. The second kappa shape index (κ2) is 6.79. The molecular formula is C20H20O4. The molecule has 24 heavy (non-hydrogen) atoms. The summed E-state index contributed by atoms with van der Waals surface area (Å²) in [4.78, 5) is 12.2. The van der Waals surface area contributed by atoms with Crippen molar-refractivity contribution in [1.29, 1.82) is 0 Å². The Balaban J connectivity index is 1.96. The van der Waals surface area contributed by atoms with Crippen LogP contribution in [-0.2, 0) is 20.1 Å². The van der Waals surface area contributed by atoms with E-state index in [1.165, 1.54) is 0 Å². The molecule has 1 aliphatic heterocycles. The highest BCUT2D eigenvalue weighted by Crippen LogP contribution is 2.43. The summed E-state index contributed by atoms with van der Waals surface area (Å²) < 4.78 is 17.4. The molecule has 0 amide bonds. The molecule has 0 radical (unpaired) electrons. The largest absolute Gasteiger partial charge is 0.463 e. The molecule has 4 nitrogen and oxygen atoms in total. The number of carbonyl (C=O) groups is 1. The highest BCUT2D eigenvalue weighted by atomic mass is 16.7. The molecule has 1 aliphatic rings. The number of allylic oxidation sites excluding steroid dienone is 1. The van der Waals surface area contributed by atoms with Crippen molar-refractivity contribution >= 4 is 5.97 Å².